The van der Waals surface area contributed by atoms with Crippen LogP contribution in [0.2, 0.25) is 0 Å². The molecule has 0 aliphatic heterocycles. The van der Waals surface area contributed by atoms with Gasteiger partial charge in [-0.3, -0.25) is 4.79 Å². The fourth-order valence-electron chi connectivity index (χ4n) is 6.57. The van der Waals surface area contributed by atoms with E-state index in [0.29, 0.717) is 5.41 Å². The summed E-state index contributed by atoms with van der Waals surface area (Å²) in [5, 5.41) is 4.44. The van der Waals surface area contributed by atoms with Crippen molar-refractivity contribution in [1.29, 1.82) is 0 Å². The molecular weight excluding hydrogens is 336 g/mol. The number of para-hydroxylation sites is 2. The van der Waals surface area contributed by atoms with E-state index >= 15 is 0 Å². The lowest BCUT2D eigenvalue weighted by atomic mass is 9.48. The fraction of sp³-hybridized carbons (Fsp3) is 0.591. The van der Waals surface area contributed by atoms with Crippen LogP contribution < -0.4 is 5.43 Å². The highest BCUT2D eigenvalue weighted by atomic mass is 16.2. The number of carbonyl (C=O) groups is 1. The summed E-state index contributed by atoms with van der Waals surface area (Å²) in [6.07, 6.45) is 11.3. The third-order valence-corrected chi connectivity index (χ3v) is 7.01. The van der Waals surface area contributed by atoms with E-state index in [0.717, 1.165) is 40.9 Å². The Balaban J connectivity index is 1.21. The summed E-state index contributed by atoms with van der Waals surface area (Å²) in [5.74, 6) is 2.76. The number of hydrazone groups is 1. The van der Waals surface area contributed by atoms with Gasteiger partial charge in [0.1, 0.15) is 6.54 Å². The summed E-state index contributed by atoms with van der Waals surface area (Å²) in [7, 11) is 0. The lowest BCUT2D eigenvalue weighted by Gasteiger charge is -2.57. The summed E-state index contributed by atoms with van der Waals surface area (Å²) in [4.78, 5) is 16.7. The molecule has 4 aliphatic carbocycles. The Morgan fingerprint density at radius 2 is 1.85 bits per heavy atom. The molecule has 4 saturated carbocycles. The number of nitrogens with zero attached hydrogens (tertiary/aromatic N) is 3. The zero-order valence-electron chi connectivity index (χ0n) is 16.0. The normalized spacial score (nSPS) is 32.2. The highest BCUT2D eigenvalue weighted by Gasteiger charge is 2.50. The van der Waals surface area contributed by atoms with Crippen LogP contribution >= 0.6 is 0 Å². The molecule has 4 bridgehead atoms. The van der Waals surface area contributed by atoms with Crippen molar-refractivity contribution in [3.63, 3.8) is 0 Å². The molecule has 1 heterocycles. The maximum atomic E-state index is 12.4. The van der Waals surface area contributed by atoms with Crippen LogP contribution in [0.1, 0.15) is 51.9 Å². The van der Waals surface area contributed by atoms with E-state index in [1.54, 1.807) is 6.33 Å². The van der Waals surface area contributed by atoms with Gasteiger partial charge in [0.05, 0.1) is 17.4 Å². The van der Waals surface area contributed by atoms with E-state index < -0.39 is 0 Å². The molecular formula is C22H28N4O. The predicted octanol–water partition coefficient (Wildman–Crippen LogP) is 4.13. The number of hydrogen-bond acceptors (Lipinski definition) is 3. The maximum Gasteiger partial charge on any atom is 0.260 e. The lowest BCUT2D eigenvalue weighted by Crippen LogP contribution is -2.46. The number of benzene rings is 1. The number of imidazole rings is 1. The average molecular weight is 364 g/mol. The number of nitrogens with one attached hydrogen (secondary N) is 1. The van der Waals surface area contributed by atoms with E-state index in [-0.39, 0.29) is 12.5 Å². The molecule has 4 fully saturated rings. The van der Waals surface area contributed by atoms with Gasteiger partial charge in [-0.1, -0.05) is 12.1 Å². The Kier molecular flexibility index (Phi) is 4.06. The first kappa shape index (κ1) is 17.0. The van der Waals surface area contributed by atoms with Crippen LogP contribution in [-0.4, -0.2) is 21.2 Å². The van der Waals surface area contributed by atoms with Crippen LogP contribution in [0.25, 0.3) is 11.0 Å². The van der Waals surface area contributed by atoms with Gasteiger partial charge in [0.25, 0.3) is 5.91 Å². The first-order valence-electron chi connectivity index (χ1n) is 10.3. The minimum Gasteiger partial charge on any atom is -0.321 e. The fourth-order valence-corrected chi connectivity index (χ4v) is 6.57. The monoisotopic (exact) mass is 364 g/mol. The zero-order chi connectivity index (χ0) is 18.4. The molecule has 1 N–H and O–H groups in total. The summed E-state index contributed by atoms with van der Waals surface area (Å²) >= 11 is 0. The van der Waals surface area contributed by atoms with Crippen molar-refractivity contribution in [3.8, 4) is 0 Å². The van der Waals surface area contributed by atoms with Crippen LogP contribution in [-0.2, 0) is 11.3 Å². The topological polar surface area (TPSA) is 59.3 Å². The van der Waals surface area contributed by atoms with Crippen LogP contribution in [0.5, 0.6) is 0 Å². The molecule has 2 aromatic rings. The summed E-state index contributed by atoms with van der Waals surface area (Å²) < 4.78 is 1.87. The smallest absolute Gasteiger partial charge is 0.260 e. The molecule has 1 amide bonds. The quantitative estimate of drug-likeness (QED) is 0.640. The first-order valence-corrected chi connectivity index (χ1v) is 10.3. The average Bonchev–Trinajstić information content (AvgIpc) is 3.01. The van der Waals surface area contributed by atoms with E-state index in [2.05, 4.69) is 22.4 Å². The highest BCUT2D eigenvalue weighted by molar-refractivity contribution is 5.85. The van der Waals surface area contributed by atoms with Crippen LogP contribution in [0, 0.1) is 23.2 Å². The lowest BCUT2D eigenvalue weighted by molar-refractivity contribution is -0.121. The maximum absolute atomic E-state index is 12.4. The first-order chi connectivity index (χ1) is 13.1. The van der Waals surface area contributed by atoms with Crippen molar-refractivity contribution in [2.45, 2.75) is 58.4 Å². The van der Waals surface area contributed by atoms with Gasteiger partial charge in [-0.05, 0) is 87.2 Å². The number of amides is 1. The molecule has 4 aliphatic rings. The van der Waals surface area contributed by atoms with Gasteiger partial charge in [0, 0.05) is 5.71 Å². The van der Waals surface area contributed by atoms with Gasteiger partial charge in [0.2, 0.25) is 0 Å². The summed E-state index contributed by atoms with van der Waals surface area (Å²) in [5.41, 5.74) is 6.19. The van der Waals surface area contributed by atoms with E-state index in [9.17, 15) is 4.79 Å². The molecule has 1 aromatic heterocycles. The second kappa shape index (κ2) is 6.47. The molecule has 0 spiro atoms. The number of aromatic nitrogens is 2. The predicted molar refractivity (Wildman–Crippen MR) is 106 cm³/mol. The Morgan fingerprint density at radius 3 is 2.56 bits per heavy atom. The Hall–Kier alpha value is -2.17. The molecule has 0 saturated heterocycles. The molecule has 6 rings (SSSR count). The molecule has 0 radical (unpaired) electrons. The van der Waals surface area contributed by atoms with Crippen LogP contribution in [0.4, 0.5) is 0 Å². The van der Waals surface area contributed by atoms with E-state index in [1.807, 2.05) is 28.8 Å². The third kappa shape index (κ3) is 3.28. The number of fused-ring (bicyclic) bond motifs is 1. The van der Waals surface area contributed by atoms with Crippen molar-refractivity contribution in [2.24, 2.45) is 28.3 Å². The molecule has 0 unspecified atom stereocenters. The number of hydrogen-bond donors (Lipinski definition) is 1. The summed E-state index contributed by atoms with van der Waals surface area (Å²) in [6.45, 7) is 2.32. The van der Waals surface area contributed by atoms with Crippen molar-refractivity contribution in [2.75, 3.05) is 0 Å². The van der Waals surface area contributed by atoms with Gasteiger partial charge in [-0.2, -0.15) is 5.10 Å². The zero-order valence-corrected chi connectivity index (χ0v) is 16.0. The third-order valence-electron chi connectivity index (χ3n) is 7.01. The molecule has 5 nitrogen and oxygen atoms in total. The van der Waals surface area contributed by atoms with Crippen molar-refractivity contribution >= 4 is 22.7 Å². The van der Waals surface area contributed by atoms with Gasteiger partial charge in [-0.15, -0.1) is 0 Å². The van der Waals surface area contributed by atoms with Crippen molar-refractivity contribution in [3.05, 3.63) is 30.6 Å². The highest BCUT2D eigenvalue weighted by Crippen LogP contribution is 2.61. The van der Waals surface area contributed by atoms with Gasteiger partial charge in [0.15, 0.2) is 0 Å². The van der Waals surface area contributed by atoms with E-state index in [4.69, 9.17) is 0 Å². The van der Waals surface area contributed by atoms with Gasteiger partial charge in [-0.25, -0.2) is 10.4 Å². The largest absolute Gasteiger partial charge is 0.321 e. The molecule has 5 heteroatoms. The SMILES string of the molecule is C/C(CC12CC3CC(CC(C3)C1)C2)=N/NC(=O)Cn1cnc2ccccc21. The summed E-state index contributed by atoms with van der Waals surface area (Å²) in [6, 6.07) is 7.86. The van der Waals surface area contributed by atoms with Crippen LogP contribution in [0.3, 0.4) is 0 Å². The van der Waals surface area contributed by atoms with Crippen molar-refractivity contribution < 1.29 is 4.79 Å². The van der Waals surface area contributed by atoms with Crippen molar-refractivity contribution in [1.82, 2.24) is 15.0 Å². The molecule has 0 atom stereocenters. The second-order valence-corrected chi connectivity index (χ2v) is 9.34. The molecule has 1 aromatic carbocycles. The minimum absolute atomic E-state index is 0.0944. The van der Waals surface area contributed by atoms with E-state index in [1.165, 1.54) is 38.5 Å². The Labute approximate surface area is 160 Å². The van der Waals surface area contributed by atoms with Gasteiger partial charge >= 0.3 is 0 Å². The molecule has 27 heavy (non-hydrogen) atoms. The number of carbonyl (C=O) groups excluding carboxylic acids is 1. The number of rotatable bonds is 5. The van der Waals surface area contributed by atoms with Crippen LogP contribution in [0.15, 0.2) is 35.7 Å². The second-order valence-electron chi connectivity index (χ2n) is 9.34. The minimum atomic E-state index is -0.0944. The standard InChI is InChI=1S/C22H28N4O/c1-15(9-22-10-16-6-17(11-22)8-18(7-16)12-22)24-25-21(27)13-26-14-23-19-4-2-3-5-20(19)26/h2-5,14,16-18H,6-13H2,1H3,(H,25,27)/b24-15-. The molecule has 142 valence electrons. The van der Waals surface area contributed by atoms with Gasteiger partial charge < -0.3 is 4.57 Å². The Bertz CT molecular complexity index is 861. The Morgan fingerprint density at radius 1 is 1.19 bits per heavy atom.